The van der Waals surface area contributed by atoms with E-state index in [-0.39, 0.29) is 6.61 Å². The van der Waals surface area contributed by atoms with Gasteiger partial charge in [-0.25, -0.2) is 0 Å². The fourth-order valence-electron chi connectivity index (χ4n) is 1.97. The lowest BCUT2D eigenvalue weighted by Crippen LogP contribution is -1.94. The minimum Gasteiger partial charge on any atom is -0.496 e. The number of methoxy groups -OCH3 is 1. The molecule has 0 fully saturated rings. The first-order valence-electron chi connectivity index (χ1n) is 6.26. The van der Waals surface area contributed by atoms with Crippen LogP contribution in [0.5, 0.6) is 5.75 Å². The molecule has 98 valence electrons. The van der Waals surface area contributed by atoms with Gasteiger partial charge in [-0.15, -0.1) is 0 Å². The van der Waals surface area contributed by atoms with Crippen LogP contribution in [0.4, 0.5) is 0 Å². The third kappa shape index (κ3) is 3.24. The predicted molar refractivity (Wildman–Crippen MR) is 79.0 cm³/mol. The smallest absolute Gasteiger partial charge is 0.131 e. The maximum absolute atomic E-state index is 9.29. The molecule has 19 heavy (non-hydrogen) atoms. The van der Waals surface area contributed by atoms with E-state index in [4.69, 9.17) is 4.74 Å². The van der Waals surface area contributed by atoms with Crippen molar-refractivity contribution in [3.05, 3.63) is 64.7 Å². The normalized spacial score (nSPS) is 10.9. The molecule has 0 unspecified atom stereocenters. The highest BCUT2D eigenvalue weighted by Gasteiger charge is 2.05. The molecule has 2 rings (SSSR count). The van der Waals surface area contributed by atoms with E-state index < -0.39 is 0 Å². The second-order valence-electron chi connectivity index (χ2n) is 4.44. The van der Waals surface area contributed by atoms with Crippen molar-refractivity contribution in [3.63, 3.8) is 0 Å². The maximum Gasteiger partial charge on any atom is 0.131 e. The number of hydrogen-bond donors (Lipinski definition) is 1. The molecular formula is C17H18O2. The summed E-state index contributed by atoms with van der Waals surface area (Å²) < 4.78 is 5.36. The summed E-state index contributed by atoms with van der Waals surface area (Å²) in [6.45, 7) is 2.05. The highest BCUT2D eigenvalue weighted by molar-refractivity contribution is 5.73. The molecular weight excluding hydrogens is 236 g/mol. The maximum atomic E-state index is 9.29. The SMILES string of the molecule is COc1c(/C=C/c2ccc(C)cc2)cccc1CO. The lowest BCUT2D eigenvalue weighted by molar-refractivity contribution is 0.273. The average Bonchev–Trinajstić information content (AvgIpc) is 2.46. The van der Waals surface area contributed by atoms with Crippen molar-refractivity contribution >= 4 is 12.2 Å². The van der Waals surface area contributed by atoms with Crippen LogP contribution in [0.3, 0.4) is 0 Å². The molecule has 2 aromatic rings. The molecule has 0 aliphatic carbocycles. The van der Waals surface area contributed by atoms with Gasteiger partial charge in [0.05, 0.1) is 13.7 Å². The first kappa shape index (κ1) is 13.4. The van der Waals surface area contributed by atoms with Crippen molar-refractivity contribution in [1.82, 2.24) is 0 Å². The highest BCUT2D eigenvalue weighted by Crippen LogP contribution is 2.25. The van der Waals surface area contributed by atoms with Crippen molar-refractivity contribution in [3.8, 4) is 5.75 Å². The van der Waals surface area contributed by atoms with Crippen LogP contribution in [-0.4, -0.2) is 12.2 Å². The molecule has 0 bridgehead atoms. The summed E-state index contributed by atoms with van der Waals surface area (Å²) in [5, 5.41) is 9.29. The topological polar surface area (TPSA) is 29.5 Å². The Kier molecular flexibility index (Phi) is 4.37. The van der Waals surface area contributed by atoms with Crippen molar-refractivity contribution < 1.29 is 9.84 Å². The lowest BCUT2D eigenvalue weighted by atomic mass is 10.1. The van der Waals surface area contributed by atoms with Crippen molar-refractivity contribution in [2.75, 3.05) is 7.11 Å². The standard InChI is InChI=1S/C17H18O2/c1-13-6-8-14(9-7-13)10-11-15-4-3-5-16(12-18)17(15)19-2/h3-11,18H,12H2,1-2H3/b11-10+. The zero-order valence-corrected chi connectivity index (χ0v) is 11.3. The van der Waals surface area contributed by atoms with Gasteiger partial charge < -0.3 is 9.84 Å². The molecule has 0 atom stereocenters. The second-order valence-corrected chi connectivity index (χ2v) is 4.44. The molecule has 0 saturated carbocycles. The summed E-state index contributed by atoms with van der Waals surface area (Å²) in [6.07, 6.45) is 4.04. The summed E-state index contributed by atoms with van der Waals surface area (Å²) in [6, 6.07) is 14.1. The number of rotatable bonds is 4. The van der Waals surface area contributed by atoms with E-state index in [1.165, 1.54) is 5.56 Å². The Balaban J connectivity index is 2.30. The number of aliphatic hydroxyl groups is 1. The number of ether oxygens (including phenoxy) is 1. The molecule has 2 heteroatoms. The molecule has 2 nitrogen and oxygen atoms in total. The highest BCUT2D eigenvalue weighted by atomic mass is 16.5. The zero-order valence-electron chi connectivity index (χ0n) is 11.3. The number of aryl methyl sites for hydroxylation is 1. The molecule has 0 amide bonds. The summed E-state index contributed by atoms with van der Waals surface area (Å²) in [5.74, 6) is 0.730. The Hall–Kier alpha value is -2.06. The van der Waals surface area contributed by atoms with Crippen LogP contribution < -0.4 is 4.74 Å². The summed E-state index contributed by atoms with van der Waals surface area (Å²) in [7, 11) is 1.62. The van der Waals surface area contributed by atoms with Gasteiger partial charge in [0, 0.05) is 11.1 Å². The van der Waals surface area contributed by atoms with Crippen LogP contribution in [-0.2, 0) is 6.61 Å². The van der Waals surface area contributed by atoms with E-state index in [2.05, 4.69) is 31.2 Å². The van der Waals surface area contributed by atoms with Gasteiger partial charge in [0.1, 0.15) is 5.75 Å². The third-order valence-electron chi connectivity index (χ3n) is 3.03. The number of aliphatic hydroxyl groups excluding tert-OH is 1. The van der Waals surface area contributed by atoms with Crippen LogP contribution in [0.15, 0.2) is 42.5 Å². The molecule has 0 saturated heterocycles. The molecule has 0 aliphatic heterocycles. The molecule has 0 aliphatic rings. The van der Waals surface area contributed by atoms with E-state index in [0.717, 1.165) is 22.4 Å². The fourth-order valence-corrected chi connectivity index (χ4v) is 1.97. The van der Waals surface area contributed by atoms with Gasteiger partial charge in [0.15, 0.2) is 0 Å². The predicted octanol–water partition coefficient (Wildman–Crippen LogP) is 3.67. The fraction of sp³-hybridized carbons (Fsp3) is 0.176. The largest absolute Gasteiger partial charge is 0.496 e. The minimum atomic E-state index is -0.0185. The Labute approximate surface area is 114 Å². The Morgan fingerprint density at radius 1 is 1.05 bits per heavy atom. The van der Waals surface area contributed by atoms with E-state index in [1.807, 2.05) is 30.4 Å². The van der Waals surface area contributed by atoms with Gasteiger partial charge in [0.25, 0.3) is 0 Å². The van der Waals surface area contributed by atoms with Crippen LogP contribution in [0.2, 0.25) is 0 Å². The first-order chi connectivity index (χ1) is 9.24. The zero-order chi connectivity index (χ0) is 13.7. The van der Waals surface area contributed by atoms with Gasteiger partial charge in [-0.3, -0.25) is 0 Å². The van der Waals surface area contributed by atoms with Crippen LogP contribution in [0.25, 0.3) is 12.2 Å². The Morgan fingerprint density at radius 2 is 1.79 bits per heavy atom. The minimum absolute atomic E-state index is 0.0185. The average molecular weight is 254 g/mol. The quantitative estimate of drug-likeness (QED) is 0.844. The third-order valence-corrected chi connectivity index (χ3v) is 3.03. The van der Waals surface area contributed by atoms with Crippen LogP contribution >= 0.6 is 0 Å². The first-order valence-corrected chi connectivity index (χ1v) is 6.26. The molecule has 0 heterocycles. The summed E-state index contributed by atoms with van der Waals surface area (Å²) in [5.41, 5.74) is 4.15. The van der Waals surface area contributed by atoms with Gasteiger partial charge >= 0.3 is 0 Å². The van der Waals surface area contributed by atoms with Gasteiger partial charge in [-0.2, -0.15) is 0 Å². The van der Waals surface area contributed by atoms with E-state index >= 15 is 0 Å². The number of hydrogen-bond acceptors (Lipinski definition) is 2. The van der Waals surface area contributed by atoms with Crippen molar-refractivity contribution in [2.45, 2.75) is 13.5 Å². The van der Waals surface area contributed by atoms with Crippen molar-refractivity contribution in [2.24, 2.45) is 0 Å². The van der Waals surface area contributed by atoms with Crippen LogP contribution in [0, 0.1) is 6.92 Å². The second kappa shape index (κ2) is 6.21. The Bertz CT molecular complexity index is 568. The molecule has 0 aromatic heterocycles. The molecule has 2 aromatic carbocycles. The van der Waals surface area contributed by atoms with Gasteiger partial charge in [-0.1, -0.05) is 60.2 Å². The van der Waals surface area contributed by atoms with E-state index in [0.29, 0.717) is 0 Å². The number of benzene rings is 2. The lowest BCUT2D eigenvalue weighted by Gasteiger charge is -2.09. The van der Waals surface area contributed by atoms with E-state index in [1.54, 1.807) is 7.11 Å². The van der Waals surface area contributed by atoms with Crippen molar-refractivity contribution in [1.29, 1.82) is 0 Å². The molecule has 0 spiro atoms. The summed E-state index contributed by atoms with van der Waals surface area (Å²) >= 11 is 0. The van der Waals surface area contributed by atoms with Gasteiger partial charge in [0.2, 0.25) is 0 Å². The monoisotopic (exact) mass is 254 g/mol. The van der Waals surface area contributed by atoms with E-state index in [9.17, 15) is 5.11 Å². The van der Waals surface area contributed by atoms with Crippen LogP contribution in [0.1, 0.15) is 22.3 Å². The molecule has 0 radical (unpaired) electrons. The number of para-hydroxylation sites is 1. The molecule has 1 N–H and O–H groups in total. The Morgan fingerprint density at radius 3 is 2.42 bits per heavy atom. The summed E-state index contributed by atoms with van der Waals surface area (Å²) in [4.78, 5) is 0. The van der Waals surface area contributed by atoms with Gasteiger partial charge in [-0.05, 0) is 12.5 Å².